The highest BCUT2D eigenvalue weighted by Crippen LogP contribution is 2.32. The SMILES string of the molecule is [B]N1C(=O)C(C)C(C)C1C(C)C. The van der Waals surface area contributed by atoms with Crippen LogP contribution < -0.4 is 0 Å². The van der Waals surface area contributed by atoms with Gasteiger partial charge in [-0.3, -0.25) is 4.79 Å². The minimum absolute atomic E-state index is 0.0844. The standard InChI is InChI=1S/C9H16BNO/c1-5(2)8-6(3)7(4)9(12)11(8)10/h5-8H,1-4H3. The van der Waals surface area contributed by atoms with Gasteiger partial charge in [-0.25, -0.2) is 0 Å². The normalized spacial score (nSPS) is 36.6. The molecule has 1 heterocycles. The smallest absolute Gasteiger partial charge is 0.230 e. The summed E-state index contributed by atoms with van der Waals surface area (Å²) >= 11 is 0. The molecular weight excluding hydrogens is 149 g/mol. The Morgan fingerprint density at radius 1 is 1.42 bits per heavy atom. The molecule has 66 valence electrons. The van der Waals surface area contributed by atoms with Crippen molar-refractivity contribution in [1.29, 1.82) is 0 Å². The summed E-state index contributed by atoms with van der Waals surface area (Å²) < 4.78 is 0. The van der Waals surface area contributed by atoms with Crippen molar-refractivity contribution in [3.63, 3.8) is 0 Å². The third kappa shape index (κ3) is 1.25. The number of rotatable bonds is 1. The third-order valence-electron chi connectivity index (χ3n) is 2.98. The fourth-order valence-electron chi connectivity index (χ4n) is 2.08. The molecule has 1 saturated heterocycles. The molecule has 0 aromatic rings. The summed E-state index contributed by atoms with van der Waals surface area (Å²) in [5.74, 6) is 0.991. The van der Waals surface area contributed by atoms with Crippen LogP contribution >= 0.6 is 0 Å². The van der Waals surface area contributed by atoms with Crippen molar-refractivity contribution in [2.24, 2.45) is 17.8 Å². The third-order valence-corrected chi connectivity index (χ3v) is 2.98. The summed E-state index contributed by atoms with van der Waals surface area (Å²) in [7, 11) is 5.69. The topological polar surface area (TPSA) is 20.3 Å². The first-order chi connectivity index (χ1) is 5.46. The quantitative estimate of drug-likeness (QED) is 0.534. The fourth-order valence-corrected chi connectivity index (χ4v) is 2.08. The van der Waals surface area contributed by atoms with Gasteiger partial charge in [-0.2, -0.15) is 0 Å². The van der Waals surface area contributed by atoms with Gasteiger partial charge in [0.05, 0.1) is 0 Å². The molecule has 2 radical (unpaired) electrons. The van der Waals surface area contributed by atoms with Gasteiger partial charge in [0.15, 0.2) is 0 Å². The summed E-state index contributed by atoms with van der Waals surface area (Å²) in [6.45, 7) is 8.26. The predicted octanol–water partition coefficient (Wildman–Crippen LogP) is 1.21. The van der Waals surface area contributed by atoms with Crippen molar-refractivity contribution in [2.75, 3.05) is 0 Å². The van der Waals surface area contributed by atoms with Gasteiger partial charge in [-0.1, -0.05) is 27.7 Å². The molecule has 0 bridgehead atoms. The molecule has 1 fully saturated rings. The lowest BCUT2D eigenvalue weighted by Crippen LogP contribution is -2.36. The lowest BCUT2D eigenvalue weighted by Gasteiger charge is -2.27. The molecule has 0 aromatic heterocycles. The molecule has 1 aliphatic heterocycles. The largest absolute Gasteiger partial charge is 0.393 e. The Morgan fingerprint density at radius 2 is 1.92 bits per heavy atom. The van der Waals surface area contributed by atoms with Crippen molar-refractivity contribution >= 4 is 13.9 Å². The number of carbonyl (C=O) groups is 1. The number of hydrogen-bond acceptors (Lipinski definition) is 1. The molecule has 1 aliphatic rings. The average molecular weight is 165 g/mol. The second-order valence-corrected chi connectivity index (χ2v) is 4.13. The minimum Gasteiger partial charge on any atom is -0.393 e. The summed E-state index contributed by atoms with van der Waals surface area (Å²) in [4.78, 5) is 12.8. The van der Waals surface area contributed by atoms with Gasteiger partial charge in [0.1, 0.15) is 0 Å². The first kappa shape index (κ1) is 9.62. The van der Waals surface area contributed by atoms with E-state index in [1.165, 1.54) is 4.81 Å². The second kappa shape index (κ2) is 3.12. The van der Waals surface area contributed by atoms with E-state index in [-0.39, 0.29) is 17.9 Å². The maximum Gasteiger partial charge on any atom is 0.230 e. The van der Waals surface area contributed by atoms with Crippen LogP contribution in [-0.4, -0.2) is 24.7 Å². The van der Waals surface area contributed by atoms with E-state index in [2.05, 4.69) is 20.8 Å². The molecule has 0 aliphatic carbocycles. The van der Waals surface area contributed by atoms with Crippen molar-refractivity contribution in [3.8, 4) is 0 Å². The summed E-state index contributed by atoms with van der Waals surface area (Å²) in [6, 6.07) is 0.215. The van der Waals surface area contributed by atoms with Gasteiger partial charge in [0, 0.05) is 12.0 Å². The van der Waals surface area contributed by atoms with E-state index in [0.717, 1.165) is 0 Å². The monoisotopic (exact) mass is 165 g/mol. The lowest BCUT2D eigenvalue weighted by molar-refractivity contribution is -0.127. The first-order valence-electron chi connectivity index (χ1n) is 4.54. The Hall–Kier alpha value is -0.465. The molecule has 12 heavy (non-hydrogen) atoms. The van der Waals surface area contributed by atoms with Crippen LogP contribution in [0, 0.1) is 17.8 Å². The molecule has 0 saturated carbocycles. The second-order valence-electron chi connectivity index (χ2n) is 4.13. The zero-order valence-electron chi connectivity index (χ0n) is 8.24. The molecule has 3 unspecified atom stereocenters. The molecule has 1 amide bonds. The van der Waals surface area contributed by atoms with E-state index in [1.54, 1.807) is 0 Å². The number of hydrogen-bond donors (Lipinski definition) is 0. The highest BCUT2D eigenvalue weighted by molar-refractivity contribution is 6.15. The van der Waals surface area contributed by atoms with Crippen LogP contribution in [0.5, 0.6) is 0 Å². The molecule has 3 atom stereocenters. The van der Waals surface area contributed by atoms with E-state index in [0.29, 0.717) is 11.8 Å². The number of amides is 1. The Balaban J connectivity index is 2.83. The van der Waals surface area contributed by atoms with Gasteiger partial charge in [0.2, 0.25) is 13.9 Å². The Kier molecular flexibility index (Phi) is 2.50. The van der Waals surface area contributed by atoms with Gasteiger partial charge in [-0.15, -0.1) is 0 Å². The lowest BCUT2D eigenvalue weighted by atomic mass is 9.87. The summed E-state index contributed by atoms with van der Waals surface area (Å²) in [5, 5.41) is 0. The first-order valence-corrected chi connectivity index (χ1v) is 4.54. The predicted molar refractivity (Wildman–Crippen MR) is 49.6 cm³/mol. The molecule has 0 spiro atoms. The fraction of sp³-hybridized carbons (Fsp3) is 0.889. The van der Waals surface area contributed by atoms with Gasteiger partial charge < -0.3 is 4.81 Å². The van der Waals surface area contributed by atoms with E-state index in [1.807, 2.05) is 6.92 Å². The highest BCUT2D eigenvalue weighted by atomic mass is 16.2. The summed E-state index contributed by atoms with van der Waals surface area (Å²) in [6.07, 6.45) is 0. The number of nitrogens with zero attached hydrogens (tertiary/aromatic N) is 1. The zero-order chi connectivity index (χ0) is 9.46. The van der Waals surface area contributed by atoms with Crippen LogP contribution in [0.4, 0.5) is 0 Å². The van der Waals surface area contributed by atoms with E-state index >= 15 is 0 Å². The molecule has 2 nitrogen and oxygen atoms in total. The van der Waals surface area contributed by atoms with Crippen LogP contribution in [0.3, 0.4) is 0 Å². The Morgan fingerprint density at radius 3 is 2.08 bits per heavy atom. The van der Waals surface area contributed by atoms with Crippen LogP contribution in [-0.2, 0) is 4.79 Å². The minimum atomic E-state index is 0.0844. The van der Waals surface area contributed by atoms with Crippen molar-refractivity contribution < 1.29 is 4.79 Å². The molecule has 1 rings (SSSR count). The van der Waals surface area contributed by atoms with Gasteiger partial charge in [0.25, 0.3) is 0 Å². The van der Waals surface area contributed by atoms with Crippen molar-refractivity contribution in [1.82, 2.24) is 4.81 Å². The molecule has 0 N–H and O–H groups in total. The van der Waals surface area contributed by atoms with Crippen molar-refractivity contribution in [3.05, 3.63) is 0 Å². The van der Waals surface area contributed by atoms with Crippen LogP contribution in [0.1, 0.15) is 27.7 Å². The van der Waals surface area contributed by atoms with Crippen LogP contribution in [0.25, 0.3) is 0 Å². The molecule has 3 heteroatoms. The zero-order valence-corrected chi connectivity index (χ0v) is 8.24. The van der Waals surface area contributed by atoms with E-state index < -0.39 is 0 Å². The maximum absolute atomic E-state index is 11.4. The van der Waals surface area contributed by atoms with Gasteiger partial charge in [-0.05, 0) is 11.8 Å². The van der Waals surface area contributed by atoms with E-state index in [4.69, 9.17) is 7.98 Å². The Labute approximate surface area is 75.7 Å². The van der Waals surface area contributed by atoms with Crippen molar-refractivity contribution in [2.45, 2.75) is 33.7 Å². The molecule has 0 aromatic carbocycles. The van der Waals surface area contributed by atoms with Gasteiger partial charge >= 0.3 is 0 Å². The van der Waals surface area contributed by atoms with Crippen LogP contribution in [0.15, 0.2) is 0 Å². The maximum atomic E-state index is 11.4. The average Bonchev–Trinajstić information content (AvgIpc) is 2.16. The van der Waals surface area contributed by atoms with E-state index in [9.17, 15) is 4.79 Å². The Bertz CT molecular complexity index is 193. The number of carbonyl (C=O) groups excluding carboxylic acids is 1. The molecular formula is C9H16BNO. The van der Waals surface area contributed by atoms with Crippen LogP contribution in [0.2, 0.25) is 0 Å². The highest BCUT2D eigenvalue weighted by Gasteiger charge is 2.41. The summed E-state index contributed by atoms with van der Waals surface area (Å²) in [5.41, 5.74) is 0.